The lowest BCUT2D eigenvalue weighted by Gasteiger charge is -2.08. The van der Waals surface area contributed by atoms with E-state index in [1.165, 1.54) is 15.7 Å². The van der Waals surface area contributed by atoms with Crippen LogP contribution in [-0.4, -0.2) is 9.97 Å². The van der Waals surface area contributed by atoms with Gasteiger partial charge in [-0.15, -0.1) is 0 Å². The molecule has 0 aliphatic heterocycles. The van der Waals surface area contributed by atoms with E-state index in [-0.39, 0.29) is 0 Å². The predicted octanol–water partition coefficient (Wildman–Crippen LogP) is 5.67. The monoisotopic (exact) mass is 358 g/mol. The summed E-state index contributed by atoms with van der Waals surface area (Å²) in [7, 11) is 0. The number of nitrogens with zero attached hydrogens (tertiary/aromatic N) is 2. The highest BCUT2D eigenvalue weighted by Gasteiger charge is 2.08. The van der Waals surface area contributed by atoms with E-state index in [4.69, 9.17) is 0 Å². The van der Waals surface area contributed by atoms with Crippen molar-refractivity contribution in [2.75, 3.05) is 0 Å². The Bertz CT molecular complexity index is 787. The molecular weight excluding hydrogens is 344 g/mol. The number of hydrogen-bond acceptors (Lipinski definition) is 3. The molecule has 21 heavy (non-hydrogen) atoms. The molecule has 4 heteroatoms. The molecule has 0 amide bonds. The van der Waals surface area contributed by atoms with E-state index in [0.29, 0.717) is 5.92 Å². The Hall–Kier alpha value is -1.39. The summed E-state index contributed by atoms with van der Waals surface area (Å²) in [5, 5.41) is 3.48. The minimum Gasteiger partial charge on any atom is -0.226 e. The fourth-order valence-corrected chi connectivity index (χ4v) is 3.50. The third-order valence-electron chi connectivity index (χ3n) is 3.15. The van der Waals surface area contributed by atoms with E-state index < -0.39 is 0 Å². The minimum atomic E-state index is 0.318. The number of rotatable bonds is 3. The van der Waals surface area contributed by atoms with Crippen LogP contribution in [0.2, 0.25) is 0 Å². The highest BCUT2D eigenvalue weighted by Crippen LogP contribution is 2.30. The Morgan fingerprint density at radius 1 is 0.952 bits per heavy atom. The lowest BCUT2D eigenvalue weighted by atomic mass is 10.1. The molecule has 0 saturated heterocycles. The zero-order valence-corrected chi connectivity index (χ0v) is 14.3. The molecule has 0 fully saturated rings. The average Bonchev–Trinajstić information content (AvgIpc) is 2.46. The Balaban J connectivity index is 1.94. The molecule has 0 aliphatic rings. The quantitative estimate of drug-likeness (QED) is 0.564. The number of hydrogen-bond donors (Lipinski definition) is 0. The Morgan fingerprint density at radius 3 is 2.48 bits per heavy atom. The highest BCUT2D eigenvalue weighted by molar-refractivity contribution is 9.10. The summed E-state index contributed by atoms with van der Waals surface area (Å²) in [5.74, 6) is 1.19. The molecule has 2 aromatic carbocycles. The molecule has 0 saturated carbocycles. The minimum absolute atomic E-state index is 0.318. The standard InChI is InChI=1S/C17H15BrN2S/c1-11(2)17-19-15(18)10-16(20-17)21-14-8-7-12-5-3-4-6-13(12)9-14/h3-11H,1-2H3. The van der Waals surface area contributed by atoms with Crippen molar-refractivity contribution in [3.05, 3.63) is 59.0 Å². The maximum Gasteiger partial charge on any atom is 0.133 e. The van der Waals surface area contributed by atoms with E-state index in [9.17, 15) is 0 Å². The molecule has 0 bridgehead atoms. The first-order valence-electron chi connectivity index (χ1n) is 6.83. The zero-order valence-electron chi connectivity index (χ0n) is 11.9. The summed E-state index contributed by atoms with van der Waals surface area (Å²) in [6.45, 7) is 4.21. The van der Waals surface area contributed by atoms with Crippen LogP contribution >= 0.6 is 27.7 Å². The first kappa shape index (κ1) is 14.5. The third-order valence-corrected chi connectivity index (χ3v) is 4.46. The van der Waals surface area contributed by atoms with Crippen LogP contribution in [0, 0.1) is 0 Å². The second-order valence-electron chi connectivity index (χ2n) is 5.15. The predicted molar refractivity (Wildman–Crippen MR) is 91.9 cm³/mol. The molecule has 2 nitrogen and oxygen atoms in total. The van der Waals surface area contributed by atoms with Gasteiger partial charge in [-0.25, -0.2) is 9.97 Å². The van der Waals surface area contributed by atoms with Gasteiger partial charge in [-0.3, -0.25) is 0 Å². The van der Waals surface area contributed by atoms with Crippen LogP contribution in [0.4, 0.5) is 0 Å². The molecule has 0 radical (unpaired) electrons. The van der Waals surface area contributed by atoms with Crippen molar-refractivity contribution in [2.24, 2.45) is 0 Å². The van der Waals surface area contributed by atoms with Gasteiger partial charge in [0.2, 0.25) is 0 Å². The van der Waals surface area contributed by atoms with Crippen molar-refractivity contribution in [2.45, 2.75) is 29.7 Å². The largest absolute Gasteiger partial charge is 0.226 e. The lowest BCUT2D eigenvalue weighted by molar-refractivity contribution is 0.748. The van der Waals surface area contributed by atoms with Gasteiger partial charge in [0.1, 0.15) is 15.5 Å². The van der Waals surface area contributed by atoms with Crippen LogP contribution in [-0.2, 0) is 0 Å². The SMILES string of the molecule is CC(C)c1nc(Br)cc(Sc2ccc3ccccc3c2)n1. The summed E-state index contributed by atoms with van der Waals surface area (Å²) in [6, 6.07) is 16.8. The van der Waals surface area contributed by atoms with E-state index in [0.717, 1.165) is 15.5 Å². The summed E-state index contributed by atoms with van der Waals surface area (Å²) in [6.07, 6.45) is 0. The van der Waals surface area contributed by atoms with Crippen molar-refractivity contribution in [1.82, 2.24) is 9.97 Å². The number of aromatic nitrogens is 2. The second kappa shape index (κ2) is 6.16. The second-order valence-corrected chi connectivity index (χ2v) is 7.06. The summed E-state index contributed by atoms with van der Waals surface area (Å²) < 4.78 is 0.837. The maximum atomic E-state index is 4.63. The number of fused-ring (bicyclic) bond motifs is 1. The Morgan fingerprint density at radius 2 is 1.71 bits per heavy atom. The van der Waals surface area contributed by atoms with Crippen LogP contribution in [0.5, 0.6) is 0 Å². The van der Waals surface area contributed by atoms with Gasteiger partial charge in [0.25, 0.3) is 0 Å². The van der Waals surface area contributed by atoms with Crippen LogP contribution in [0.1, 0.15) is 25.6 Å². The van der Waals surface area contributed by atoms with Gasteiger partial charge in [0.15, 0.2) is 0 Å². The van der Waals surface area contributed by atoms with Crippen LogP contribution in [0.25, 0.3) is 10.8 Å². The molecular formula is C17H15BrN2S. The lowest BCUT2D eigenvalue weighted by Crippen LogP contribution is -1.98. The van der Waals surface area contributed by atoms with Crippen molar-refractivity contribution >= 4 is 38.5 Å². The molecule has 0 N–H and O–H groups in total. The van der Waals surface area contributed by atoms with Gasteiger partial charge >= 0.3 is 0 Å². The highest BCUT2D eigenvalue weighted by atomic mass is 79.9. The van der Waals surface area contributed by atoms with Crippen molar-refractivity contribution in [1.29, 1.82) is 0 Å². The van der Waals surface area contributed by atoms with Gasteiger partial charge < -0.3 is 0 Å². The number of halogens is 1. The van der Waals surface area contributed by atoms with Crippen molar-refractivity contribution < 1.29 is 0 Å². The zero-order chi connectivity index (χ0) is 14.8. The molecule has 0 unspecified atom stereocenters. The van der Waals surface area contributed by atoms with Gasteiger partial charge in [-0.05, 0) is 38.8 Å². The fourth-order valence-electron chi connectivity index (χ4n) is 2.08. The molecule has 0 spiro atoms. The van der Waals surface area contributed by atoms with Crippen molar-refractivity contribution in [3.8, 4) is 0 Å². The van der Waals surface area contributed by atoms with Gasteiger partial charge in [0, 0.05) is 16.9 Å². The van der Waals surface area contributed by atoms with E-state index >= 15 is 0 Å². The summed E-state index contributed by atoms with van der Waals surface area (Å²) >= 11 is 5.14. The van der Waals surface area contributed by atoms with Crippen molar-refractivity contribution in [3.63, 3.8) is 0 Å². The fraction of sp³-hybridized carbons (Fsp3) is 0.176. The molecule has 3 aromatic rings. The van der Waals surface area contributed by atoms with Crippen LogP contribution in [0.15, 0.2) is 63.1 Å². The smallest absolute Gasteiger partial charge is 0.133 e. The average molecular weight is 359 g/mol. The topological polar surface area (TPSA) is 25.8 Å². The molecule has 0 aliphatic carbocycles. The first-order valence-corrected chi connectivity index (χ1v) is 8.44. The number of benzene rings is 2. The molecule has 106 valence electrons. The molecule has 3 rings (SSSR count). The van der Waals surface area contributed by atoms with E-state index in [1.807, 2.05) is 6.07 Å². The van der Waals surface area contributed by atoms with Crippen LogP contribution < -0.4 is 0 Å². The summed E-state index contributed by atoms with van der Waals surface area (Å²) in [4.78, 5) is 10.2. The van der Waals surface area contributed by atoms with Gasteiger partial charge in [-0.1, -0.05) is 55.9 Å². The van der Waals surface area contributed by atoms with Crippen LogP contribution in [0.3, 0.4) is 0 Å². The van der Waals surface area contributed by atoms with Gasteiger partial charge in [-0.2, -0.15) is 0 Å². The third kappa shape index (κ3) is 3.44. The maximum absolute atomic E-state index is 4.63. The molecule has 1 heterocycles. The Labute approximate surface area is 137 Å². The normalized spacial score (nSPS) is 11.2. The van der Waals surface area contributed by atoms with E-state index in [2.05, 4.69) is 82.2 Å². The molecule has 0 atom stereocenters. The molecule has 1 aromatic heterocycles. The van der Waals surface area contributed by atoms with E-state index in [1.54, 1.807) is 11.8 Å². The Kier molecular flexibility index (Phi) is 4.27. The van der Waals surface area contributed by atoms with Gasteiger partial charge in [0.05, 0.1) is 0 Å². The first-order chi connectivity index (χ1) is 10.1. The summed E-state index contributed by atoms with van der Waals surface area (Å²) in [5.41, 5.74) is 0.